The molecule has 2 heterocycles. The molecule has 1 amide bonds. The molecule has 2 aliphatic heterocycles. The molecule has 3 aromatic rings. The highest BCUT2D eigenvalue weighted by Crippen LogP contribution is 2.40. The predicted molar refractivity (Wildman–Crippen MR) is 151 cm³/mol. The van der Waals surface area contributed by atoms with Crippen molar-refractivity contribution < 1.29 is 29.3 Å². The van der Waals surface area contributed by atoms with Gasteiger partial charge in [0.25, 0.3) is 11.7 Å². The highest BCUT2D eigenvalue weighted by Gasteiger charge is 2.45. The number of phenols is 1. The molecule has 5 rings (SSSR count). The van der Waals surface area contributed by atoms with Gasteiger partial charge in [-0.05, 0) is 60.4 Å². The van der Waals surface area contributed by atoms with E-state index in [4.69, 9.17) is 9.47 Å². The number of ether oxygens (including phenoxy) is 2. The fourth-order valence-electron chi connectivity index (χ4n) is 5.25. The van der Waals surface area contributed by atoms with E-state index in [-0.39, 0.29) is 17.1 Å². The fourth-order valence-corrected chi connectivity index (χ4v) is 5.25. The third-order valence-corrected chi connectivity index (χ3v) is 7.41. The van der Waals surface area contributed by atoms with Gasteiger partial charge in [-0.3, -0.25) is 14.5 Å². The number of phenolic OH excluding ortho intramolecular Hbond substituents is 1. The summed E-state index contributed by atoms with van der Waals surface area (Å²) in [4.78, 5) is 30.4. The molecule has 40 heavy (non-hydrogen) atoms. The number of aryl methyl sites for hydroxylation is 1. The van der Waals surface area contributed by atoms with Crippen molar-refractivity contribution in [2.24, 2.45) is 0 Å². The van der Waals surface area contributed by atoms with Gasteiger partial charge >= 0.3 is 0 Å². The molecule has 2 saturated heterocycles. The number of carbonyl (C=O) groups excluding carboxylic acids is 2. The smallest absolute Gasteiger partial charge is 0.295 e. The first-order valence-corrected chi connectivity index (χ1v) is 13.6. The Morgan fingerprint density at radius 2 is 1.70 bits per heavy atom. The summed E-state index contributed by atoms with van der Waals surface area (Å²) in [5, 5.41) is 21.3. The van der Waals surface area contributed by atoms with Crippen LogP contribution in [-0.4, -0.2) is 71.1 Å². The summed E-state index contributed by atoms with van der Waals surface area (Å²) < 4.78 is 11.4. The highest BCUT2D eigenvalue weighted by molar-refractivity contribution is 6.46. The van der Waals surface area contributed by atoms with Crippen LogP contribution in [0.4, 0.5) is 0 Å². The van der Waals surface area contributed by atoms with Crippen LogP contribution in [0.3, 0.4) is 0 Å². The maximum atomic E-state index is 13.3. The number of carbonyl (C=O) groups is 2. The minimum Gasteiger partial charge on any atom is -0.508 e. The van der Waals surface area contributed by atoms with Crippen LogP contribution in [0.25, 0.3) is 5.76 Å². The number of rotatable bonds is 9. The molecule has 2 fully saturated rings. The Kier molecular flexibility index (Phi) is 8.48. The van der Waals surface area contributed by atoms with Crippen molar-refractivity contribution in [3.8, 4) is 11.5 Å². The summed E-state index contributed by atoms with van der Waals surface area (Å²) in [5.74, 6) is -0.844. The first kappa shape index (κ1) is 27.4. The number of hydrogen-bond donors (Lipinski definition) is 2. The molecule has 0 unspecified atom stereocenters. The van der Waals surface area contributed by atoms with Crippen molar-refractivity contribution >= 4 is 17.4 Å². The maximum Gasteiger partial charge on any atom is 0.295 e. The van der Waals surface area contributed by atoms with Crippen molar-refractivity contribution in [1.82, 2.24) is 9.80 Å². The minimum atomic E-state index is -0.764. The van der Waals surface area contributed by atoms with Gasteiger partial charge in [0.05, 0.1) is 24.8 Å². The average Bonchev–Trinajstić information content (AvgIpc) is 3.22. The Labute approximate surface area is 234 Å². The van der Waals surface area contributed by atoms with Crippen molar-refractivity contribution in [2.75, 3.05) is 39.4 Å². The van der Waals surface area contributed by atoms with Crippen molar-refractivity contribution in [3.63, 3.8) is 0 Å². The van der Waals surface area contributed by atoms with Gasteiger partial charge in [0.15, 0.2) is 0 Å². The van der Waals surface area contributed by atoms with Crippen LogP contribution < -0.4 is 4.74 Å². The molecule has 3 aromatic carbocycles. The van der Waals surface area contributed by atoms with E-state index in [1.165, 1.54) is 17.0 Å². The number of benzene rings is 3. The molecular formula is C32H34N2O6. The SMILES string of the molecule is Cc1cc(C(O)=C2C(=O)C(=O)N(CCCN3CCOCC3)[C@H]2c2ccc(O)cc2)ccc1OCc1ccccc1. The van der Waals surface area contributed by atoms with Crippen LogP contribution in [0.5, 0.6) is 11.5 Å². The summed E-state index contributed by atoms with van der Waals surface area (Å²) in [6, 6.07) is 20.7. The van der Waals surface area contributed by atoms with Crippen molar-refractivity contribution in [2.45, 2.75) is 26.0 Å². The van der Waals surface area contributed by atoms with E-state index in [1.807, 2.05) is 37.3 Å². The number of Topliss-reactive ketones (excluding diaryl/α,β-unsaturated/α-hetero) is 1. The minimum absolute atomic E-state index is 0.0411. The first-order valence-electron chi connectivity index (χ1n) is 13.6. The standard InChI is InChI=1S/C32H34N2O6/c1-22-20-25(10-13-27(22)40-21-23-6-3-2-4-7-23)30(36)28-29(24-8-11-26(35)12-9-24)34(32(38)31(28)37)15-5-14-33-16-18-39-19-17-33/h2-4,6-13,20,29,35-36H,5,14-19,21H2,1H3/t29-/m0/s1. The van der Waals surface area contributed by atoms with Gasteiger partial charge in [-0.1, -0.05) is 42.5 Å². The highest BCUT2D eigenvalue weighted by atomic mass is 16.5. The van der Waals surface area contributed by atoms with Crippen LogP contribution in [0.15, 0.2) is 78.4 Å². The molecule has 208 valence electrons. The molecule has 0 radical (unpaired) electrons. The van der Waals surface area contributed by atoms with Crippen LogP contribution in [0.1, 0.15) is 34.7 Å². The van der Waals surface area contributed by atoms with Gasteiger partial charge in [-0.15, -0.1) is 0 Å². The lowest BCUT2D eigenvalue weighted by atomic mass is 9.94. The lowest BCUT2D eigenvalue weighted by molar-refractivity contribution is -0.140. The zero-order chi connectivity index (χ0) is 28.1. The van der Waals surface area contributed by atoms with Gasteiger partial charge in [0.2, 0.25) is 0 Å². The second-order valence-corrected chi connectivity index (χ2v) is 10.1. The molecule has 0 bridgehead atoms. The molecule has 8 nitrogen and oxygen atoms in total. The number of likely N-dealkylation sites (tertiary alicyclic amines) is 1. The number of aliphatic hydroxyl groups is 1. The fraction of sp³-hybridized carbons (Fsp3) is 0.312. The van der Waals surface area contributed by atoms with Crippen LogP contribution >= 0.6 is 0 Å². The molecule has 2 N–H and O–H groups in total. The topological polar surface area (TPSA) is 99.5 Å². The van der Waals surface area contributed by atoms with Gasteiger partial charge in [0, 0.05) is 31.7 Å². The summed E-state index contributed by atoms with van der Waals surface area (Å²) in [6.07, 6.45) is 0.675. The zero-order valence-corrected chi connectivity index (χ0v) is 22.6. The Balaban J connectivity index is 1.41. The van der Waals surface area contributed by atoms with Crippen molar-refractivity contribution in [3.05, 3.63) is 101 Å². The van der Waals surface area contributed by atoms with E-state index in [2.05, 4.69) is 4.90 Å². The average molecular weight is 543 g/mol. The summed E-state index contributed by atoms with van der Waals surface area (Å²) >= 11 is 0. The second-order valence-electron chi connectivity index (χ2n) is 10.1. The maximum absolute atomic E-state index is 13.3. The van der Waals surface area contributed by atoms with Crippen LogP contribution in [-0.2, 0) is 20.9 Å². The summed E-state index contributed by atoms with van der Waals surface area (Å²) in [7, 11) is 0. The zero-order valence-electron chi connectivity index (χ0n) is 22.6. The van der Waals surface area contributed by atoms with Gasteiger partial charge in [-0.25, -0.2) is 0 Å². The molecular weight excluding hydrogens is 508 g/mol. The van der Waals surface area contributed by atoms with Gasteiger partial charge < -0.3 is 24.6 Å². The number of nitrogens with zero attached hydrogens (tertiary/aromatic N) is 2. The summed E-state index contributed by atoms with van der Waals surface area (Å²) in [5.41, 5.74) is 2.95. The summed E-state index contributed by atoms with van der Waals surface area (Å²) in [6.45, 7) is 6.46. The predicted octanol–water partition coefficient (Wildman–Crippen LogP) is 4.42. The Morgan fingerprint density at radius 3 is 2.40 bits per heavy atom. The van der Waals surface area contributed by atoms with E-state index in [0.29, 0.717) is 49.7 Å². The largest absolute Gasteiger partial charge is 0.508 e. The lowest BCUT2D eigenvalue weighted by Gasteiger charge is -2.29. The molecule has 2 aliphatic rings. The van der Waals surface area contributed by atoms with Crippen LogP contribution in [0, 0.1) is 6.92 Å². The lowest BCUT2D eigenvalue weighted by Crippen LogP contribution is -2.38. The number of aromatic hydroxyl groups is 1. The first-order chi connectivity index (χ1) is 19.4. The van der Waals surface area contributed by atoms with E-state index >= 15 is 0 Å². The number of morpholine rings is 1. The molecule has 8 heteroatoms. The van der Waals surface area contributed by atoms with E-state index in [9.17, 15) is 19.8 Å². The number of hydrogen-bond acceptors (Lipinski definition) is 7. The third-order valence-electron chi connectivity index (χ3n) is 7.41. The Morgan fingerprint density at radius 1 is 0.975 bits per heavy atom. The third kappa shape index (κ3) is 6.03. The normalized spacial score (nSPS) is 19.2. The molecule has 0 aromatic heterocycles. The number of amides is 1. The second kappa shape index (κ2) is 12.4. The quantitative estimate of drug-likeness (QED) is 0.235. The van der Waals surface area contributed by atoms with Gasteiger partial charge in [-0.2, -0.15) is 0 Å². The number of ketones is 1. The van der Waals surface area contributed by atoms with Crippen LogP contribution in [0.2, 0.25) is 0 Å². The monoisotopic (exact) mass is 542 g/mol. The molecule has 0 aliphatic carbocycles. The van der Waals surface area contributed by atoms with E-state index < -0.39 is 17.7 Å². The van der Waals surface area contributed by atoms with E-state index in [0.717, 1.165) is 30.8 Å². The molecule has 1 atom stereocenters. The Hall–Kier alpha value is -4.14. The van der Waals surface area contributed by atoms with Crippen molar-refractivity contribution in [1.29, 1.82) is 0 Å². The van der Waals surface area contributed by atoms with Gasteiger partial charge in [0.1, 0.15) is 23.9 Å². The number of aliphatic hydroxyl groups excluding tert-OH is 1. The molecule has 0 spiro atoms. The molecule has 0 saturated carbocycles. The Bertz CT molecular complexity index is 1380. The van der Waals surface area contributed by atoms with E-state index in [1.54, 1.807) is 30.3 Å².